The monoisotopic (exact) mass is 492 g/mol. The summed E-state index contributed by atoms with van der Waals surface area (Å²) in [5.74, 6) is 4.36. The van der Waals surface area contributed by atoms with Crippen LogP contribution in [0.2, 0.25) is 0 Å². The van der Waals surface area contributed by atoms with E-state index in [2.05, 4.69) is 19.8 Å². The third-order valence-corrected chi connectivity index (χ3v) is 8.22. The number of aliphatic imine (C=N–C) groups is 2. The molecule has 0 amide bonds. The molecule has 5 rings (SSSR count). The maximum absolute atomic E-state index is 13.2. The van der Waals surface area contributed by atoms with Gasteiger partial charge in [0.2, 0.25) is 0 Å². The molecule has 0 atom stereocenters. The highest BCUT2D eigenvalue weighted by Gasteiger charge is 2.37. The molecule has 3 aliphatic carbocycles. The molecule has 2 heterocycles. The molecular formula is C26H28N4O2S2. The number of rotatable bonds is 4. The number of Topliss-reactive ketones (excluding diaryl/α,β-unsaturated/α-hetero) is 2. The summed E-state index contributed by atoms with van der Waals surface area (Å²) in [6.45, 7) is 4.13. The van der Waals surface area contributed by atoms with Gasteiger partial charge in [0, 0.05) is 121 Å². The summed E-state index contributed by atoms with van der Waals surface area (Å²) >= 11 is 3.94. The quantitative estimate of drug-likeness (QED) is 0.598. The van der Waals surface area contributed by atoms with Gasteiger partial charge in [-0.1, -0.05) is 12.2 Å². The van der Waals surface area contributed by atoms with E-state index < -0.39 is 0 Å². The normalized spacial score (nSPS) is 26.0. The van der Waals surface area contributed by atoms with E-state index in [-0.39, 0.29) is 11.6 Å². The smallest absolute Gasteiger partial charge is 0.194 e. The molecule has 3 fully saturated rings. The minimum Gasteiger partial charge on any atom is -0.374 e. The molecule has 176 valence electrons. The first-order valence-corrected chi connectivity index (χ1v) is 14.0. The third-order valence-electron chi connectivity index (χ3n) is 6.34. The molecule has 8 heteroatoms. The van der Waals surface area contributed by atoms with Crippen molar-refractivity contribution in [2.75, 3.05) is 49.2 Å². The fourth-order valence-electron chi connectivity index (χ4n) is 4.42. The maximum Gasteiger partial charge on any atom is 0.194 e. The van der Waals surface area contributed by atoms with Gasteiger partial charge in [-0.2, -0.15) is 23.5 Å². The second-order valence-electron chi connectivity index (χ2n) is 8.55. The number of hydrogen-bond donors (Lipinski definition) is 0. The minimum atomic E-state index is -0.0954. The number of carbonyl (C=O) groups is 2. The number of ketones is 2. The van der Waals surface area contributed by atoms with Gasteiger partial charge >= 0.3 is 0 Å². The van der Waals surface area contributed by atoms with Gasteiger partial charge in [-0.05, 0) is 12.2 Å². The van der Waals surface area contributed by atoms with Gasteiger partial charge in [0.05, 0.1) is 0 Å². The molecule has 34 heavy (non-hydrogen) atoms. The summed E-state index contributed by atoms with van der Waals surface area (Å²) in [4.78, 5) is 40.1. The van der Waals surface area contributed by atoms with E-state index in [1.165, 1.54) is 0 Å². The van der Waals surface area contributed by atoms with Crippen LogP contribution < -0.4 is 0 Å². The predicted octanol–water partition coefficient (Wildman–Crippen LogP) is 3.57. The number of hydrogen-bond acceptors (Lipinski definition) is 8. The average molecular weight is 493 g/mol. The number of allylic oxidation sites excluding steroid dienone is 8. The first-order chi connectivity index (χ1) is 16.7. The SMILES string of the molecule is O=C1C2=CCC(=NC=CN3CCSCC3)C=C2C(=O)C2=CCC(=NC=CN3CCSCC3)C=C12. The van der Waals surface area contributed by atoms with Gasteiger partial charge in [-0.3, -0.25) is 19.6 Å². The van der Waals surface area contributed by atoms with E-state index in [1.807, 2.05) is 48.1 Å². The molecule has 2 aliphatic heterocycles. The van der Waals surface area contributed by atoms with Crippen LogP contribution in [0.15, 0.2) is 81.4 Å². The summed E-state index contributed by atoms with van der Waals surface area (Å²) in [6.07, 6.45) is 16.0. The van der Waals surface area contributed by atoms with Gasteiger partial charge in [0.1, 0.15) is 0 Å². The van der Waals surface area contributed by atoms with Crippen molar-refractivity contribution in [3.8, 4) is 0 Å². The lowest BCUT2D eigenvalue weighted by atomic mass is 9.75. The lowest BCUT2D eigenvalue weighted by Gasteiger charge is -2.26. The zero-order chi connectivity index (χ0) is 23.3. The molecule has 0 spiro atoms. The van der Waals surface area contributed by atoms with E-state index in [0.29, 0.717) is 35.1 Å². The summed E-state index contributed by atoms with van der Waals surface area (Å²) in [6, 6.07) is 0. The summed E-state index contributed by atoms with van der Waals surface area (Å²) < 4.78 is 0. The molecular weight excluding hydrogens is 464 g/mol. The number of carbonyl (C=O) groups excluding carboxylic acids is 2. The van der Waals surface area contributed by atoms with Crippen LogP contribution in [0, 0.1) is 0 Å². The topological polar surface area (TPSA) is 65.3 Å². The number of thioether (sulfide) groups is 2. The Morgan fingerprint density at radius 1 is 0.647 bits per heavy atom. The van der Waals surface area contributed by atoms with E-state index in [9.17, 15) is 9.59 Å². The van der Waals surface area contributed by atoms with E-state index in [1.54, 1.807) is 24.6 Å². The van der Waals surface area contributed by atoms with E-state index in [4.69, 9.17) is 0 Å². The van der Waals surface area contributed by atoms with Crippen molar-refractivity contribution in [3.63, 3.8) is 0 Å². The predicted molar refractivity (Wildman–Crippen MR) is 143 cm³/mol. The molecule has 0 radical (unpaired) electrons. The lowest BCUT2D eigenvalue weighted by molar-refractivity contribution is -0.117. The van der Waals surface area contributed by atoms with Gasteiger partial charge < -0.3 is 9.80 Å². The van der Waals surface area contributed by atoms with Crippen LogP contribution in [0.1, 0.15) is 12.8 Å². The van der Waals surface area contributed by atoms with Crippen molar-refractivity contribution < 1.29 is 9.59 Å². The third kappa shape index (κ3) is 5.23. The highest BCUT2D eigenvalue weighted by atomic mass is 32.2. The van der Waals surface area contributed by atoms with Crippen molar-refractivity contribution in [2.45, 2.75) is 12.8 Å². The van der Waals surface area contributed by atoms with Crippen molar-refractivity contribution in [1.82, 2.24) is 9.80 Å². The Kier molecular flexibility index (Phi) is 7.35. The van der Waals surface area contributed by atoms with Crippen molar-refractivity contribution in [3.05, 3.63) is 71.4 Å². The van der Waals surface area contributed by atoms with E-state index in [0.717, 1.165) is 60.6 Å². The summed E-state index contributed by atoms with van der Waals surface area (Å²) in [5.41, 5.74) is 3.51. The average Bonchev–Trinajstić information content (AvgIpc) is 2.88. The van der Waals surface area contributed by atoms with Crippen LogP contribution in [0.3, 0.4) is 0 Å². The zero-order valence-corrected chi connectivity index (χ0v) is 20.7. The van der Waals surface area contributed by atoms with E-state index >= 15 is 0 Å². The largest absolute Gasteiger partial charge is 0.374 e. The minimum absolute atomic E-state index is 0.0954. The molecule has 0 N–H and O–H groups in total. The Labute approximate surface area is 209 Å². The highest BCUT2D eigenvalue weighted by Crippen LogP contribution is 2.35. The molecule has 0 aromatic heterocycles. The van der Waals surface area contributed by atoms with Crippen molar-refractivity contribution >= 4 is 46.5 Å². The van der Waals surface area contributed by atoms with Crippen LogP contribution in [-0.2, 0) is 9.59 Å². The first kappa shape index (κ1) is 23.2. The molecule has 0 bridgehead atoms. The van der Waals surface area contributed by atoms with Gasteiger partial charge in [0.15, 0.2) is 11.6 Å². The van der Waals surface area contributed by atoms with Crippen LogP contribution in [0.4, 0.5) is 0 Å². The Morgan fingerprint density at radius 3 is 1.47 bits per heavy atom. The molecule has 1 saturated carbocycles. The van der Waals surface area contributed by atoms with Gasteiger partial charge in [-0.15, -0.1) is 0 Å². The Hall–Kier alpha value is -2.58. The molecule has 6 nitrogen and oxygen atoms in total. The summed E-state index contributed by atoms with van der Waals surface area (Å²) in [7, 11) is 0. The van der Waals surface area contributed by atoms with Crippen LogP contribution in [0.25, 0.3) is 0 Å². The molecule has 0 aromatic rings. The van der Waals surface area contributed by atoms with Crippen LogP contribution in [-0.4, -0.2) is 82.0 Å². The molecule has 2 saturated heterocycles. The Bertz CT molecular complexity index is 1020. The van der Waals surface area contributed by atoms with Crippen LogP contribution >= 0.6 is 23.5 Å². The maximum atomic E-state index is 13.2. The second-order valence-corrected chi connectivity index (χ2v) is 11.0. The summed E-state index contributed by atoms with van der Waals surface area (Å²) in [5, 5.41) is 0. The number of nitrogens with zero attached hydrogens (tertiary/aromatic N) is 4. The highest BCUT2D eigenvalue weighted by molar-refractivity contribution is 7.99. The fraction of sp³-hybridized carbons (Fsp3) is 0.385. The van der Waals surface area contributed by atoms with Gasteiger partial charge in [-0.25, -0.2) is 0 Å². The molecule has 5 aliphatic rings. The standard InChI is InChI=1S/C26H28N4O2S2/c31-25-21-3-1-19(27-5-7-29-9-13-33-14-10-29)17-23(21)26(32)22-4-2-20(18-24(22)25)28-6-8-30-11-15-34-16-12-30/h3-8,17-18H,1-2,9-16H2. The lowest BCUT2D eigenvalue weighted by Crippen LogP contribution is -2.30. The van der Waals surface area contributed by atoms with Crippen molar-refractivity contribution in [2.24, 2.45) is 9.98 Å². The zero-order valence-electron chi connectivity index (χ0n) is 19.1. The number of fused-ring (bicyclic) bond motifs is 2. The van der Waals surface area contributed by atoms with Crippen LogP contribution in [0.5, 0.6) is 0 Å². The van der Waals surface area contributed by atoms with Crippen molar-refractivity contribution in [1.29, 1.82) is 0 Å². The first-order valence-electron chi connectivity index (χ1n) is 11.7. The molecule has 0 unspecified atom stereocenters. The second kappa shape index (κ2) is 10.8. The Balaban J connectivity index is 1.30. The van der Waals surface area contributed by atoms with Gasteiger partial charge in [0.25, 0.3) is 0 Å². The molecule has 0 aromatic carbocycles. The Morgan fingerprint density at radius 2 is 1.06 bits per heavy atom. The fourth-order valence-corrected chi connectivity index (χ4v) is 6.28.